The summed E-state index contributed by atoms with van der Waals surface area (Å²) in [6.07, 6.45) is -0.245. The summed E-state index contributed by atoms with van der Waals surface area (Å²) in [6.45, 7) is 6.82. The molecule has 6 nitrogen and oxygen atoms in total. The molecule has 1 amide bonds. The number of benzene rings is 1. The van der Waals surface area contributed by atoms with Crippen LogP contribution in [0.4, 0.5) is 0 Å². The molecule has 6 heteroatoms. The molecule has 26 heavy (non-hydrogen) atoms. The topological polar surface area (TPSA) is 75.7 Å². The Morgan fingerprint density at radius 1 is 1.38 bits per heavy atom. The van der Waals surface area contributed by atoms with Gasteiger partial charge in [0.15, 0.2) is 0 Å². The van der Waals surface area contributed by atoms with Crippen molar-refractivity contribution in [3.63, 3.8) is 0 Å². The summed E-state index contributed by atoms with van der Waals surface area (Å²) in [4.78, 5) is 14.7. The lowest BCUT2D eigenvalue weighted by molar-refractivity contribution is -0.136. The molecule has 2 aromatic rings. The monoisotopic (exact) mass is 354 g/mol. The first-order valence-corrected chi connectivity index (χ1v) is 8.53. The highest BCUT2D eigenvalue weighted by Gasteiger charge is 2.37. The summed E-state index contributed by atoms with van der Waals surface area (Å²) in [5, 5.41) is 8.97. The first kappa shape index (κ1) is 18.0. The van der Waals surface area contributed by atoms with Crippen molar-refractivity contribution >= 4 is 5.91 Å². The zero-order valence-electron chi connectivity index (χ0n) is 15.2. The number of carbonyl (C=O) groups excluding carboxylic acids is 1. The van der Waals surface area contributed by atoms with Gasteiger partial charge >= 0.3 is 0 Å². The van der Waals surface area contributed by atoms with Gasteiger partial charge in [0.25, 0.3) is 5.91 Å². The van der Waals surface area contributed by atoms with E-state index in [9.17, 15) is 4.79 Å². The first-order valence-electron chi connectivity index (χ1n) is 8.53. The number of amides is 1. The van der Waals surface area contributed by atoms with Crippen LogP contribution >= 0.6 is 0 Å². The van der Waals surface area contributed by atoms with E-state index in [0.717, 1.165) is 5.75 Å². The Balaban J connectivity index is 1.72. The van der Waals surface area contributed by atoms with Crippen molar-refractivity contribution in [2.45, 2.75) is 32.5 Å². The van der Waals surface area contributed by atoms with Gasteiger partial charge in [-0.05, 0) is 32.9 Å². The largest absolute Gasteiger partial charge is 0.491 e. The van der Waals surface area contributed by atoms with Gasteiger partial charge < -0.3 is 18.8 Å². The third-order valence-electron chi connectivity index (χ3n) is 4.21. The lowest BCUT2D eigenvalue weighted by Gasteiger charge is -2.42. The number of carbonyl (C=O) groups is 1. The van der Waals surface area contributed by atoms with Gasteiger partial charge in [-0.2, -0.15) is 5.26 Å². The van der Waals surface area contributed by atoms with Crippen molar-refractivity contribution in [1.82, 2.24) is 4.90 Å². The molecule has 3 rings (SSSR count). The quantitative estimate of drug-likeness (QED) is 0.843. The summed E-state index contributed by atoms with van der Waals surface area (Å²) in [5.41, 5.74) is -0.0732. The maximum atomic E-state index is 12.9. The molecule has 1 unspecified atom stereocenters. The number of morpholine rings is 1. The molecule has 1 aliphatic rings. The molecule has 1 aromatic heterocycles. The molecule has 0 saturated carbocycles. The number of para-hydroxylation sites is 1. The predicted molar refractivity (Wildman–Crippen MR) is 95.0 cm³/mol. The van der Waals surface area contributed by atoms with Crippen LogP contribution in [0.3, 0.4) is 0 Å². The van der Waals surface area contributed by atoms with Gasteiger partial charge in [-0.25, -0.2) is 0 Å². The molecule has 1 saturated heterocycles. The Hall–Kier alpha value is -2.78. The summed E-state index contributed by atoms with van der Waals surface area (Å²) >= 11 is 0. The summed E-state index contributed by atoms with van der Waals surface area (Å²) in [7, 11) is 0. The van der Waals surface area contributed by atoms with E-state index in [1.165, 1.54) is 6.07 Å². The fraction of sp³-hybridized carbons (Fsp3) is 0.400. The van der Waals surface area contributed by atoms with Crippen LogP contribution in [0.1, 0.15) is 35.7 Å². The zero-order valence-corrected chi connectivity index (χ0v) is 15.2. The van der Waals surface area contributed by atoms with E-state index in [1.54, 1.807) is 11.8 Å². The molecule has 0 radical (unpaired) electrons. The van der Waals surface area contributed by atoms with E-state index in [1.807, 2.05) is 50.2 Å². The second kappa shape index (κ2) is 7.22. The van der Waals surface area contributed by atoms with Crippen LogP contribution in [0.5, 0.6) is 5.75 Å². The van der Waals surface area contributed by atoms with Crippen molar-refractivity contribution in [3.8, 4) is 11.8 Å². The highest BCUT2D eigenvalue weighted by atomic mass is 16.5. The van der Waals surface area contributed by atoms with Crippen LogP contribution in [0.25, 0.3) is 0 Å². The van der Waals surface area contributed by atoms with Gasteiger partial charge in [0.1, 0.15) is 30.3 Å². The third-order valence-corrected chi connectivity index (χ3v) is 4.21. The highest BCUT2D eigenvalue weighted by molar-refractivity contribution is 5.95. The molecular weight excluding hydrogens is 332 g/mol. The van der Waals surface area contributed by atoms with Crippen LogP contribution in [-0.2, 0) is 4.74 Å². The minimum absolute atomic E-state index is 0.141. The minimum Gasteiger partial charge on any atom is -0.491 e. The van der Waals surface area contributed by atoms with Gasteiger partial charge in [0, 0.05) is 12.6 Å². The number of hydrogen-bond acceptors (Lipinski definition) is 5. The van der Waals surface area contributed by atoms with Crippen molar-refractivity contribution in [2.75, 3.05) is 19.7 Å². The van der Waals surface area contributed by atoms with Gasteiger partial charge in [-0.15, -0.1) is 0 Å². The second-order valence-corrected chi connectivity index (χ2v) is 7.00. The maximum absolute atomic E-state index is 12.9. The molecule has 1 atom stereocenters. The molecule has 2 heterocycles. The lowest BCUT2D eigenvalue weighted by Crippen LogP contribution is -2.56. The molecule has 0 aliphatic carbocycles. The normalized spacial score (nSPS) is 19.0. The molecule has 0 spiro atoms. The van der Waals surface area contributed by atoms with Crippen LogP contribution in [0.15, 0.2) is 40.8 Å². The Bertz CT molecular complexity index is 820. The predicted octanol–water partition coefficient (Wildman–Crippen LogP) is 3.16. The number of rotatable bonds is 4. The molecule has 1 aliphatic heterocycles. The van der Waals surface area contributed by atoms with E-state index in [0.29, 0.717) is 31.0 Å². The van der Waals surface area contributed by atoms with E-state index in [-0.39, 0.29) is 17.8 Å². The second-order valence-electron chi connectivity index (χ2n) is 7.00. The minimum atomic E-state index is -0.492. The van der Waals surface area contributed by atoms with Crippen LogP contribution in [0.2, 0.25) is 0 Å². The number of aryl methyl sites for hydroxylation is 1. The van der Waals surface area contributed by atoms with Gasteiger partial charge in [-0.1, -0.05) is 18.2 Å². The fourth-order valence-electron chi connectivity index (χ4n) is 3.16. The Morgan fingerprint density at radius 2 is 2.12 bits per heavy atom. The van der Waals surface area contributed by atoms with Crippen molar-refractivity contribution in [2.24, 2.45) is 0 Å². The van der Waals surface area contributed by atoms with Crippen molar-refractivity contribution in [3.05, 3.63) is 53.5 Å². The standard InChI is InChI=1S/C20H22N2O4/c1-14-18(9-16(10-21)25-14)19(23)22-11-17(26-20(2,3)13-22)12-24-15-7-5-4-6-8-15/h4-9,17H,11-13H2,1-3H3. The van der Waals surface area contributed by atoms with Crippen LogP contribution in [0, 0.1) is 18.3 Å². The summed E-state index contributed by atoms with van der Waals surface area (Å²) < 4.78 is 17.2. The lowest BCUT2D eigenvalue weighted by atomic mass is 10.0. The van der Waals surface area contributed by atoms with E-state index in [2.05, 4.69) is 0 Å². The number of furan rings is 1. The number of nitriles is 1. The van der Waals surface area contributed by atoms with Crippen molar-refractivity contribution in [1.29, 1.82) is 5.26 Å². The number of ether oxygens (including phenoxy) is 2. The molecule has 0 N–H and O–H groups in total. The smallest absolute Gasteiger partial charge is 0.257 e. The fourth-order valence-corrected chi connectivity index (χ4v) is 3.16. The van der Waals surface area contributed by atoms with E-state index < -0.39 is 5.60 Å². The summed E-state index contributed by atoms with van der Waals surface area (Å²) in [6, 6.07) is 12.9. The van der Waals surface area contributed by atoms with Gasteiger partial charge in [0.05, 0.1) is 17.7 Å². The van der Waals surface area contributed by atoms with Crippen LogP contribution in [-0.4, -0.2) is 42.2 Å². The molecular formula is C20H22N2O4. The first-order chi connectivity index (χ1) is 12.4. The molecule has 136 valence electrons. The van der Waals surface area contributed by atoms with Gasteiger partial charge in [-0.3, -0.25) is 4.79 Å². The Morgan fingerprint density at radius 3 is 2.77 bits per heavy atom. The summed E-state index contributed by atoms with van der Waals surface area (Å²) in [5.74, 6) is 1.20. The van der Waals surface area contributed by atoms with E-state index in [4.69, 9.17) is 19.2 Å². The Labute approximate surface area is 152 Å². The third kappa shape index (κ3) is 4.06. The zero-order chi connectivity index (χ0) is 18.7. The molecule has 1 fully saturated rings. The molecule has 0 bridgehead atoms. The number of hydrogen-bond donors (Lipinski definition) is 0. The SMILES string of the molecule is Cc1oc(C#N)cc1C(=O)N1CC(COc2ccccc2)OC(C)(C)C1. The molecule has 1 aromatic carbocycles. The average molecular weight is 354 g/mol. The maximum Gasteiger partial charge on any atom is 0.257 e. The van der Waals surface area contributed by atoms with E-state index >= 15 is 0 Å². The number of nitrogens with zero attached hydrogens (tertiary/aromatic N) is 2. The highest BCUT2D eigenvalue weighted by Crippen LogP contribution is 2.25. The van der Waals surface area contributed by atoms with Crippen LogP contribution < -0.4 is 4.74 Å². The average Bonchev–Trinajstić information content (AvgIpc) is 3.00. The Kier molecular flexibility index (Phi) is 5.01. The van der Waals surface area contributed by atoms with Gasteiger partial charge in [0.2, 0.25) is 5.76 Å². The van der Waals surface area contributed by atoms with Crippen molar-refractivity contribution < 1.29 is 18.7 Å².